The van der Waals surface area contributed by atoms with Crippen LogP contribution in [0.4, 0.5) is 20.6 Å². The highest BCUT2D eigenvalue weighted by Gasteiger charge is 2.33. The summed E-state index contributed by atoms with van der Waals surface area (Å²) in [4.78, 5) is 28.4. The van der Waals surface area contributed by atoms with Gasteiger partial charge >= 0.3 is 6.03 Å². The molecule has 4 rings (SSSR count). The number of nitrogens with zero attached hydrogens (tertiary/aromatic N) is 4. The summed E-state index contributed by atoms with van der Waals surface area (Å²) in [5, 5.41) is 7.19. The third-order valence-electron chi connectivity index (χ3n) is 5.10. The molecule has 1 fully saturated rings. The summed E-state index contributed by atoms with van der Waals surface area (Å²) in [6.45, 7) is 5.44. The third kappa shape index (κ3) is 3.33. The van der Waals surface area contributed by atoms with Crippen LogP contribution >= 0.6 is 0 Å². The van der Waals surface area contributed by atoms with E-state index in [9.17, 15) is 14.0 Å². The van der Waals surface area contributed by atoms with Crippen LogP contribution < -0.4 is 10.2 Å². The summed E-state index contributed by atoms with van der Waals surface area (Å²) in [6.07, 6.45) is 1.68. The van der Waals surface area contributed by atoms with E-state index in [-0.39, 0.29) is 30.4 Å². The van der Waals surface area contributed by atoms with Gasteiger partial charge in [0.15, 0.2) is 0 Å². The quantitative estimate of drug-likeness (QED) is 0.856. The van der Waals surface area contributed by atoms with Gasteiger partial charge in [0.25, 0.3) is 5.91 Å². The van der Waals surface area contributed by atoms with Gasteiger partial charge in [-0.15, -0.1) is 0 Å². The van der Waals surface area contributed by atoms with Crippen LogP contribution in [0.3, 0.4) is 0 Å². The molecule has 0 spiro atoms. The van der Waals surface area contributed by atoms with Crippen LogP contribution in [0.2, 0.25) is 0 Å². The van der Waals surface area contributed by atoms with E-state index in [1.165, 1.54) is 12.1 Å². The number of aromatic nitrogens is 2. The lowest BCUT2D eigenvalue weighted by Gasteiger charge is -2.35. The van der Waals surface area contributed by atoms with Crippen molar-refractivity contribution >= 4 is 23.3 Å². The Kier molecular flexibility index (Phi) is 4.76. The van der Waals surface area contributed by atoms with Crippen molar-refractivity contribution < 1.29 is 18.7 Å². The number of nitrogens with one attached hydrogen (secondary N) is 1. The number of halogens is 1. The summed E-state index contributed by atoms with van der Waals surface area (Å²) < 4.78 is 20.6. The van der Waals surface area contributed by atoms with E-state index in [0.29, 0.717) is 37.5 Å². The molecule has 0 bridgehead atoms. The number of hydrogen-bond donors (Lipinski definition) is 1. The third-order valence-corrected chi connectivity index (χ3v) is 5.10. The molecule has 0 aliphatic carbocycles. The molecule has 28 heavy (non-hydrogen) atoms. The predicted octanol–water partition coefficient (Wildman–Crippen LogP) is 2.13. The van der Waals surface area contributed by atoms with Gasteiger partial charge in [0.05, 0.1) is 43.3 Å². The number of urea groups is 1. The van der Waals surface area contributed by atoms with Crippen LogP contribution in [-0.4, -0.2) is 52.4 Å². The monoisotopic (exact) mass is 387 g/mol. The summed E-state index contributed by atoms with van der Waals surface area (Å²) in [7, 11) is 0. The van der Waals surface area contributed by atoms with Gasteiger partial charge in [-0.2, -0.15) is 5.10 Å². The highest BCUT2D eigenvalue weighted by molar-refractivity contribution is 5.96. The number of anilines is 2. The molecular weight excluding hydrogens is 365 g/mol. The first-order valence-electron chi connectivity index (χ1n) is 9.20. The zero-order chi connectivity index (χ0) is 19.8. The van der Waals surface area contributed by atoms with E-state index in [0.717, 1.165) is 11.4 Å². The maximum Gasteiger partial charge on any atom is 0.322 e. The molecule has 1 atom stereocenters. The van der Waals surface area contributed by atoms with Crippen molar-refractivity contribution in [2.24, 2.45) is 0 Å². The molecule has 148 valence electrons. The van der Waals surface area contributed by atoms with E-state index in [4.69, 9.17) is 4.74 Å². The van der Waals surface area contributed by atoms with Crippen LogP contribution in [0.1, 0.15) is 18.2 Å². The lowest BCUT2D eigenvalue weighted by molar-refractivity contribution is -0.127. The first-order valence-corrected chi connectivity index (χ1v) is 9.20. The predicted molar refractivity (Wildman–Crippen MR) is 101 cm³/mol. The van der Waals surface area contributed by atoms with E-state index in [2.05, 4.69) is 10.4 Å². The molecule has 9 heteroatoms. The Labute approximate surface area is 161 Å². The van der Waals surface area contributed by atoms with Crippen LogP contribution in [0.15, 0.2) is 24.4 Å². The zero-order valence-electron chi connectivity index (χ0n) is 15.8. The maximum atomic E-state index is 13.4. The van der Waals surface area contributed by atoms with Gasteiger partial charge in [0, 0.05) is 12.2 Å². The van der Waals surface area contributed by atoms with Gasteiger partial charge in [-0.25, -0.2) is 9.18 Å². The van der Waals surface area contributed by atoms with Gasteiger partial charge in [-0.05, 0) is 37.6 Å². The summed E-state index contributed by atoms with van der Waals surface area (Å²) in [5.41, 5.74) is 2.55. The minimum Gasteiger partial charge on any atom is -0.369 e. The molecule has 1 N–H and O–H groups in total. The number of rotatable bonds is 2. The zero-order valence-corrected chi connectivity index (χ0v) is 15.8. The number of hydrogen-bond acceptors (Lipinski definition) is 4. The topological polar surface area (TPSA) is 79.7 Å². The van der Waals surface area contributed by atoms with Crippen molar-refractivity contribution in [2.45, 2.75) is 33.0 Å². The molecule has 0 saturated carbocycles. The van der Waals surface area contributed by atoms with Gasteiger partial charge in [0.2, 0.25) is 0 Å². The van der Waals surface area contributed by atoms with Crippen LogP contribution in [0, 0.1) is 12.7 Å². The molecule has 1 aromatic carbocycles. The molecule has 8 nitrogen and oxygen atoms in total. The molecule has 2 aromatic rings. The Morgan fingerprint density at radius 3 is 2.93 bits per heavy atom. The normalized spacial score (nSPS) is 19.5. The minimum absolute atomic E-state index is 0.0447. The SMILES string of the molecule is Cc1cc(NC(=O)N2CCn3ncc(N4C(=O)COCC4C)c3C2)ccc1F. The lowest BCUT2D eigenvalue weighted by atomic mass is 10.2. The molecule has 2 aliphatic rings. The molecule has 0 radical (unpaired) electrons. The number of carbonyl (C=O) groups is 2. The van der Waals surface area contributed by atoms with Crippen molar-refractivity contribution in [1.82, 2.24) is 14.7 Å². The minimum atomic E-state index is -0.311. The fourth-order valence-corrected chi connectivity index (χ4v) is 3.61. The second-order valence-electron chi connectivity index (χ2n) is 7.14. The second kappa shape index (κ2) is 7.23. The fraction of sp³-hybridized carbons (Fsp3) is 0.421. The molecule has 3 heterocycles. The van der Waals surface area contributed by atoms with Gasteiger partial charge in [-0.3, -0.25) is 9.48 Å². The van der Waals surface area contributed by atoms with Crippen molar-refractivity contribution in [3.63, 3.8) is 0 Å². The average Bonchev–Trinajstić information content (AvgIpc) is 3.07. The Morgan fingerprint density at radius 1 is 1.36 bits per heavy atom. The highest BCUT2D eigenvalue weighted by Crippen LogP contribution is 2.28. The lowest BCUT2D eigenvalue weighted by Crippen LogP contribution is -2.49. The van der Waals surface area contributed by atoms with E-state index in [1.807, 2.05) is 11.6 Å². The maximum absolute atomic E-state index is 13.4. The molecule has 1 unspecified atom stereocenters. The fourth-order valence-electron chi connectivity index (χ4n) is 3.61. The number of fused-ring (bicyclic) bond motifs is 1. The largest absolute Gasteiger partial charge is 0.369 e. The van der Waals surface area contributed by atoms with Crippen molar-refractivity contribution in [1.29, 1.82) is 0 Å². The van der Waals surface area contributed by atoms with Crippen LogP contribution in [-0.2, 0) is 22.6 Å². The van der Waals surface area contributed by atoms with E-state index in [1.54, 1.807) is 29.0 Å². The van der Waals surface area contributed by atoms with Crippen molar-refractivity contribution in [3.8, 4) is 0 Å². The van der Waals surface area contributed by atoms with Crippen molar-refractivity contribution in [2.75, 3.05) is 30.0 Å². The molecular formula is C19H22FN5O3. The number of benzene rings is 1. The van der Waals surface area contributed by atoms with E-state index < -0.39 is 0 Å². The number of aryl methyl sites for hydroxylation is 1. The Balaban J connectivity index is 1.52. The number of amides is 3. The number of carbonyl (C=O) groups excluding carboxylic acids is 2. The Hall–Kier alpha value is -2.94. The van der Waals surface area contributed by atoms with Gasteiger partial charge in [-0.1, -0.05) is 0 Å². The van der Waals surface area contributed by atoms with Crippen LogP contribution in [0.5, 0.6) is 0 Å². The standard InChI is InChI=1S/C19H22FN5O3/c1-12-7-14(3-4-15(12)20)22-19(27)23-5-6-24-17(9-23)16(8-21-24)25-13(2)10-28-11-18(25)26/h3-4,7-8,13H,5-6,9-11H2,1-2H3,(H,22,27). The van der Waals surface area contributed by atoms with Gasteiger partial charge in [0.1, 0.15) is 12.4 Å². The van der Waals surface area contributed by atoms with Crippen molar-refractivity contribution in [3.05, 3.63) is 41.5 Å². The Bertz CT molecular complexity index is 928. The summed E-state index contributed by atoms with van der Waals surface area (Å²) >= 11 is 0. The second-order valence-corrected chi connectivity index (χ2v) is 7.14. The molecule has 2 aliphatic heterocycles. The van der Waals surface area contributed by atoms with E-state index >= 15 is 0 Å². The molecule has 3 amide bonds. The first kappa shape index (κ1) is 18.4. The molecule has 1 aromatic heterocycles. The summed E-state index contributed by atoms with van der Waals surface area (Å²) in [5.74, 6) is -0.424. The number of morpholine rings is 1. The van der Waals surface area contributed by atoms with Crippen LogP contribution in [0.25, 0.3) is 0 Å². The Morgan fingerprint density at radius 2 is 2.18 bits per heavy atom. The average molecular weight is 387 g/mol. The highest BCUT2D eigenvalue weighted by atomic mass is 19.1. The smallest absolute Gasteiger partial charge is 0.322 e. The van der Waals surface area contributed by atoms with Gasteiger partial charge < -0.3 is 19.9 Å². The number of ether oxygens (including phenoxy) is 1. The molecule has 1 saturated heterocycles. The first-order chi connectivity index (χ1) is 13.4. The summed E-state index contributed by atoms with van der Waals surface area (Å²) in [6, 6.07) is 4.10.